The van der Waals surface area contributed by atoms with Gasteiger partial charge in [-0.2, -0.15) is 54.0 Å². The molecular weight excluding hydrogens is 985 g/mol. The number of hydrazine groups is 1. The normalized spacial score (nSPS) is 20.9. The van der Waals surface area contributed by atoms with E-state index < -0.39 is 35.4 Å². The summed E-state index contributed by atoms with van der Waals surface area (Å²) in [6.07, 6.45) is 3.31. The second kappa shape index (κ2) is 24.9. The number of ether oxygens (including phenoxy) is 2. The van der Waals surface area contributed by atoms with Gasteiger partial charge in [-0.25, -0.2) is 15.2 Å². The highest BCUT2D eigenvalue weighted by Crippen LogP contribution is 2.42. The summed E-state index contributed by atoms with van der Waals surface area (Å²) in [6, 6.07) is 7.96. The maximum atomic E-state index is 14.6. The average Bonchev–Trinajstić information content (AvgIpc) is 3.88. The first-order valence-corrected chi connectivity index (χ1v) is 24.5. The van der Waals surface area contributed by atoms with Crippen molar-refractivity contribution in [3.63, 3.8) is 0 Å². The van der Waals surface area contributed by atoms with Crippen molar-refractivity contribution >= 4 is 100 Å². The number of methoxy groups -OCH3 is 1. The summed E-state index contributed by atoms with van der Waals surface area (Å²) < 4.78 is 14.3. The molecule has 0 aliphatic carbocycles. The van der Waals surface area contributed by atoms with Crippen molar-refractivity contribution in [1.29, 1.82) is 0 Å². The molecule has 21 heteroatoms. The summed E-state index contributed by atoms with van der Waals surface area (Å²) in [5, 5.41) is 8.26. The Hall–Kier alpha value is -3.54. The van der Waals surface area contributed by atoms with Gasteiger partial charge in [0.15, 0.2) is 0 Å². The minimum atomic E-state index is -1.04. The van der Waals surface area contributed by atoms with Crippen LogP contribution in [0.15, 0.2) is 41.9 Å². The number of carbonyl (C=O) groups is 4. The van der Waals surface area contributed by atoms with Gasteiger partial charge in [-0.1, -0.05) is 33.8 Å². The van der Waals surface area contributed by atoms with E-state index in [-0.39, 0.29) is 91.0 Å². The van der Waals surface area contributed by atoms with Gasteiger partial charge in [0.2, 0.25) is 5.91 Å². The van der Waals surface area contributed by atoms with Gasteiger partial charge in [0.1, 0.15) is 18.1 Å². The number of likely N-dealkylation sites (tertiary alicyclic amines) is 1. The van der Waals surface area contributed by atoms with E-state index >= 15 is 0 Å². The molecule has 4 aliphatic heterocycles. The number of nitrogens with zero attached hydrogens (tertiary/aromatic N) is 8. The number of hydrogen-bond acceptors (Lipinski definition) is 12. The monoisotopic (exact) mass is 1060 g/mol. The van der Waals surface area contributed by atoms with Crippen LogP contribution in [0.4, 0.5) is 4.79 Å². The number of fused-ring (bicyclic) bond motifs is 6. The molecule has 4 aromatic rings. The van der Waals surface area contributed by atoms with E-state index in [0.29, 0.717) is 56.5 Å². The van der Waals surface area contributed by atoms with Crippen molar-refractivity contribution in [2.45, 2.75) is 104 Å². The average molecular weight is 1060 g/mol. The highest BCUT2D eigenvalue weighted by molar-refractivity contribution is 7.59. The second-order valence-corrected chi connectivity index (χ2v) is 20.7. The Morgan fingerprint density at radius 1 is 1.04 bits per heavy atom. The molecule has 0 saturated carbocycles. The number of aromatic nitrogens is 3. The zero-order chi connectivity index (χ0) is 47.0. The highest BCUT2D eigenvalue weighted by atomic mass is 32.1. The van der Waals surface area contributed by atoms with E-state index in [2.05, 4.69) is 77.2 Å². The van der Waals surface area contributed by atoms with Gasteiger partial charge in [0, 0.05) is 118 Å². The minimum absolute atomic E-state index is 0. The predicted octanol–water partition coefficient (Wildman–Crippen LogP) is 5.66. The number of hydrogen-bond donors (Lipinski definition) is 2. The van der Waals surface area contributed by atoms with E-state index in [1.807, 2.05) is 32.2 Å². The Labute approximate surface area is 445 Å². The molecule has 16 nitrogen and oxygen atoms in total. The van der Waals surface area contributed by atoms with Crippen LogP contribution in [0.1, 0.15) is 76.8 Å². The third kappa shape index (κ3) is 12.4. The van der Waals surface area contributed by atoms with Crippen molar-refractivity contribution < 1.29 is 28.7 Å². The number of piperazine rings is 1. The van der Waals surface area contributed by atoms with Crippen LogP contribution in [-0.4, -0.2) is 161 Å². The largest absolute Gasteiger partial charge is 0.464 e. The van der Waals surface area contributed by atoms with Crippen molar-refractivity contribution in [2.75, 3.05) is 73.6 Å². The van der Waals surface area contributed by atoms with Crippen LogP contribution in [0.3, 0.4) is 0 Å². The Morgan fingerprint density at radius 3 is 2.43 bits per heavy atom. The van der Waals surface area contributed by atoms with Gasteiger partial charge >= 0.3 is 12.0 Å². The number of esters is 1. The summed E-state index contributed by atoms with van der Waals surface area (Å²) in [6.45, 7) is 18.6. The van der Waals surface area contributed by atoms with E-state index in [0.717, 1.165) is 70.9 Å². The fraction of sp³-hybridized carbons (Fsp3) is 0.592. The fourth-order valence-electron chi connectivity index (χ4n) is 10.1. The van der Waals surface area contributed by atoms with Crippen molar-refractivity contribution in [3.05, 3.63) is 58.2 Å². The van der Waals surface area contributed by atoms with Gasteiger partial charge in [0.05, 0.1) is 34.8 Å². The third-order valence-corrected chi connectivity index (χ3v) is 14.8. The standard InChI is InChI=1S/C49H68N10O6S.4H2S/c1-10-58-40-16-15-32-23-35(40)36(44(58)34-13-11-17-50-42(34)31(4)64-9)25-49(5,6)29-65-47(62)37-14-12-18-59(53-37)46(61)38(24-41-51-39(32)28-66-41)52-45(60)43(30(2)3)55(8)48(63)57-26-33(27-57)56-21-19-54(7)20-22-56;;;;/h11,13,15-17,23,28,30-31,33,37-38,43,53H,10,12,14,18-22,24-27,29H2,1-9H3,(H,52,60);4*1H2/t31-,37-,38-,43-;;;;/m0..../s1. The van der Waals surface area contributed by atoms with Gasteiger partial charge in [-0.15, -0.1) is 11.3 Å². The number of cyclic esters (lactones) is 1. The quantitative estimate of drug-likeness (QED) is 0.200. The summed E-state index contributed by atoms with van der Waals surface area (Å²) in [5.74, 6) is -1.49. The van der Waals surface area contributed by atoms with Gasteiger partial charge < -0.3 is 34.1 Å². The summed E-state index contributed by atoms with van der Waals surface area (Å²) in [7, 11) is 5.50. The Bertz CT molecular complexity index is 2440. The summed E-state index contributed by atoms with van der Waals surface area (Å²) in [5.41, 5.74) is 9.43. The van der Waals surface area contributed by atoms with E-state index in [9.17, 15) is 19.2 Å². The Morgan fingerprint density at radius 2 is 1.76 bits per heavy atom. The maximum absolute atomic E-state index is 14.6. The first-order chi connectivity index (χ1) is 31.6. The number of benzene rings is 1. The topological polar surface area (TPSA) is 158 Å². The lowest BCUT2D eigenvalue weighted by atomic mass is 9.84. The lowest BCUT2D eigenvalue weighted by Gasteiger charge is -2.49. The zero-order valence-corrected chi connectivity index (χ0v) is 46.9. The minimum Gasteiger partial charge on any atom is -0.464 e. The number of pyridine rings is 1. The van der Waals surface area contributed by atoms with Gasteiger partial charge in [0.25, 0.3) is 5.91 Å². The molecular formula is C49H76N10O6S5. The molecule has 0 radical (unpaired) electrons. The molecule has 4 aliphatic rings. The number of thiazole rings is 1. The number of likely N-dealkylation sites (N-methyl/N-ethyl adjacent to an activating group) is 2. The molecule has 6 bridgehead atoms. The van der Waals surface area contributed by atoms with Gasteiger partial charge in [-0.05, 0) is 75.9 Å². The van der Waals surface area contributed by atoms with Crippen LogP contribution in [0.5, 0.6) is 0 Å². The molecule has 1 aromatic carbocycles. The summed E-state index contributed by atoms with van der Waals surface area (Å²) in [4.78, 5) is 75.0. The van der Waals surface area contributed by atoms with E-state index in [4.69, 9.17) is 19.4 Å². The number of urea groups is 1. The molecule has 388 valence electrons. The molecule has 0 spiro atoms. The zero-order valence-electron chi connectivity index (χ0n) is 42.1. The first-order valence-electron chi connectivity index (χ1n) is 23.6. The van der Waals surface area contributed by atoms with Crippen LogP contribution in [0, 0.1) is 11.3 Å². The molecule has 3 saturated heterocycles. The number of aryl methyl sites for hydroxylation is 1. The number of amides is 4. The molecule has 7 heterocycles. The molecule has 4 amide bonds. The van der Waals surface area contributed by atoms with Crippen LogP contribution < -0.4 is 10.7 Å². The van der Waals surface area contributed by atoms with Crippen LogP contribution in [0.25, 0.3) is 33.4 Å². The fourth-order valence-corrected chi connectivity index (χ4v) is 11.0. The molecule has 3 fully saturated rings. The Balaban J connectivity index is 0.00000266. The smallest absolute Gasteiger partial charge is 0.324 e. The van der Waals surface area contributed by atoms with Crippen molar-refractivity contribution in [2.24, 2.45) is 11.3 Å². The molecule has 3 aromatic heterocycles. The SMILES string of the molecule is CCn1c(-c2cccnc2[C@H](C)OC)c2c3cc(ccc31)-c1csc(n1)C[C@H](NC(=O)[C@H](C(C)C)N(C)C(=O)N1CC(N3CCN(C)CC3)C1)C(=O)N1CCC[C@H](N1)C(=O)OCC(C)(C)C2.S.S.S.S. The van der Waals surface area contributed by atoms with E-state index in [1.54, 1.807) is 25.3 Å². The summed E-state index contributed by atoms with van der Waals surface area (Å²) >= 11 is 1.44. The molecule has 4 atom stereocenters. The first kappa shape index (κ1) is 59.0. The molecule has 70 heavy (non-hydrogen) atoms. The third-order valence-electron chi connectivity index (χ3n) is 14.0. The lowest BCUT2D eigenvalue weighted by Crippen LogP contribution is -2.67. The van der Waals surface area contributed by atoms with Crippen LogP contribution in [0.2, 0.25) is 0 Å². The Kier molecular flexibility index (Phi) is 21.0. The number of nitrogens with one attached hydrogen (secondary N) is 2. The number of carbonyl (C=O) groups excluding carboxylic acids is 4. The van der Waals surface area contributed by atoms with Crippen LogP contribution >= 0.6 is 65.3 Å². The predicted molar refractivity (Wildman–Crippen MR) is 297 cm³/mol. The van der Waals surface area contributed by atoms with Crippen molar-refractivity contribution in [3.8, 4) is 22.5 Å². The number of rotatable bonds is 9. The van der Waals surface area contributed by atoms with Gasteiger partial charge in [-0.3, -0.25) is 29.3 Å². The molecule has 2 N–H and O–H groups in total. The second-order valence-electron chi connectivity index (χ2n) is 19.8. The highest BCUT2D eigenvalue weighted by Gasteiger charge is 2.42. The lowest BCUT2D eigenvalue weighted by molar-refractivity contribution is -0.155. The van der Waals surface area contributed by atoms with E-state index in [1.165, 1.54) is 21.2 Å². The molecule has 8 rings (SSSR count). The maximum Gasteiger partial charge on any atom is 0.324 e. The van der Waals surface area contributed by atoms with Crippen LogP contribution in [-0.2, 0) is 43.2 Å². The van der Waals surface area contributed by atoms with Crippen molar-refractivity contribution in [1.82, 2.24) is 49.9 Å². The molecule has 0 unspecified atom stereocenters.